The van der Waals surface area contributed by atoms with Crippen LogP contribution in [0, 0.1) is 5.82 Å². The number of carbonyl (C=O) groups excluding carboxylic acids is 1. The number of anilines is 1. The van der Waals surface area contributed by atoms with Crippen LogP contribution >= 0.6 is 0 Å². The molecule has 0 aromatic heterocycles. The number of morpholine rings is 1. The average Bonchev–Trinajstić information content (AvgIpc) is 2.84. The number of benzene rings is 2. The molecule has 172 valence electrons. The minimum atomic E-state index is -0.417. The molecule has 2 fully saturated rings. The maximum absolute atomic E-state index is 14.1. The molecule has 32 heavy (non-hydrogen) atoms. The van der Waals surface area contributed by atoms with E-state index in [9.17, 15) is 9.18 Å². The first-order valence-corrected chi connectivity index (χ1v) is 11.3. The third-order valence-corrected chi connectivity index (χ3v) is 6.37. The monoisotopic (exact) mass is 442 g/mol. The minimum Gasteiger partial charge on any atom is -0.494 e. The number of hydrogen-bond acceptors (Lipinski definition) is 5. The summed E-state index contributed by atoms with van der Waals surface area (Å²) in [4.78, 5) is 15.3. The van der Waals surface area contributed by atoms with Gasteiger partial charge in [-0.25, -0.2) is 4.39 Å². The van der Waals surface area contributed by atoms with Crippen molar-refractivity contribution in [2.75, 3.05) is 57.6 Å². The Labute approximate surface area is 188 Å². The number of nitrogens with zero attached hydrogens (tertiary/aromatic N) is 1. The lowest BCUT2D eigenvalue weighted by Gasteiger charge is -2.38. The Morgan fingerprint density at radius 1 is 1.06 bits per heavy atom. The molecular formula is C25H31FN2O4. The molecule has 2 aromatic carbocycles. The van der Waals surface area contributed by atoms with Crippen molar-refractivity contribution in [1.82, 2.24) is 5.32 Å². The van der Waals surface area contributed by atoms with Gasteiger partial charge in [-0.1, -0.05) is 12.1 Å². The molecule has 0 saturated carbocycles. The Morgan fingerprint density at radius 3 is 2.44 bits per heavy atom. The summed E-state index contributed by atoms with van der Waals surface area (Å²) >= 11 is 0. The van der Waals surface area contributed by atoms with Gasteiger partial charge in [-0.3, -0.25) is 4.79 Å². The molecule has 6 nitrogen and oxygen atoms in total. The fourth-order valence-electron chi connectivity index (χ4n) is 4.52. The Balaban J connectivity index is 1.53. The second kappa shape index (κ2) is 10.3. The zero-order valence-corrected chi connectivity index (χ0v) is 18.6. The largest absolute Gasteiger partial charge is 0.494 e. The summed E-state index contributed by atoms with van der Waals surface area (Å²) < 4.78 is 30.7. The van der Waals surface area contributed by atoms with E-state index in [4.69, 9.17) is 14.2 Å². The minimum absolute atomic E-state index is 0.231. The van der Waals surface area contributed by atoms with Crippen molar-refractivity contribution < 1.29 is 23.4 Å². The summed E-state index contributed by atoms with van der Waals surface area (Å²) in [6.07, 6.45) is 1.61. The first kappa shape index (κ1) is 22.6. The molecule has 0 radical (unpaired) electrons. The average molecular weight is 443 g/mol. The molecule has 2 aliphatic heterocycles. The summed E-state index contributed by atoms with van der Waals surface area (Å²) in [5.74, 6) is 0.152. The van der Waals surface area contributed by atoms with Gasteiger partial charge in [0.2, 0.25) is 0 Å². The van der Waals surface area contributed by atoms with Crippen molar-refractivity contribution in [3.63, 3.8) is 0 Å². The van der Waals surface area contributed by atoms with Crippen molar-refractivity contribution in [3.8, 4) is 5.75 Å². The molecule has 2 saturated heterocycles. The highest BCUT2D eigenvalue weighted by Gasteiger charge is 2.35. The molecule has 1 amide bonds. The van der Waals surface area contributed by atoms with Gasteiger partial charge in [0.15, 0.2) is 0 Å². The van der Waals surface area contributed by atoms with Crippen LogP contribution in [0.25, 0.3) is 0 Å². The van der Waals surface area contributed by atoms with Crippen LogP contribution in [0.4, 0.5) is 10.1 Å². The molecule has 0 spiro atoms. The Kier molecular flexibility index (Phi) is 7.27. The topological polar surface area (TPSA) is 60.0 Å². The highest BCUT2D eigenvalue weighted by Crippen LogP contribution is 2.35. The van der Waals surface area contributed by atoms with Gasteiger partial charge in [-0.05, 0) is 55.7 Å². The molecule has 7 heteroatoms. The summed E-state index contributed by atoms with van der Waals surface area (Å²) in [5.41, 5.74) is 2.03. The van der Waals surface area contributed by atoms with Crippen molar-refractivity contribution in [1.29, 1.82) is 0 Å². The van der Waals surface area contributed by atoms with Crippen LogP contribution in [0.1, 0.15) is 35.7 Å². The number of ether oxygens (including phenoxy) is 3. The third kappa shape index (κ3) is 5.05. The molecular weight excluding hydrogens is 411 g/mol. The molecule has 2 aliphatic rings. The van der Waals surface area contributed by atoms with Gasteiger partial charge in [-0.15, -0.1) is 0 Å². The highest BCUT2D eigenvalue weighted by atomic mass is 19.1. The first-order valence-electron chi connectivity index (χ1n) is 11.3. The van der Waals surface area contributed by atoms with Crippen molar-refractivity contribution in [2.45, 2.75) is 25.2 Å². The lowest BCUT2D eigenvalue weighted by Crippen LogP contribution is -2.45. The fourth-order valence-corrected chi connectivity index (χ4v) is 4.52. The van der Waals surface area contributed by atoms with Crippen LogP contribution in [0.2, 0.25) is 0 Å². The zero-order chi connectivity index (χ0) is 22.4. The van der Waals surface area contributed by atoms with Crippen LogP contribution in [0.5, 0.6) is 5.75 Å². The van der Waals surface area contributed by atoms with Crippen LogP contribution in [0.3, 0.4) is 0 Å². The zero-order valence-electron chi connectivity index (χ0n) is 18.6. The maximum Gasteiger partial charge on any atom is 0.253 e. The standard InChI is InChI=1S/C25H31FN2O4/c1-2-32-21-6-3-19(4-7-21)25(9-13-30-14-10-25)18-27-24(29)22-17-20(26)5-8-23(22)28-11-15-31-16-12-28/h3-8,17H,2,9-16,18H2,1H3,(H,27,29). The van der Waals surface area contributed by atoms with E-state index in [1.807, 2.05) is 19.1 Å². The van der Waals surface area contributed by atoms with Gasteiger partial charge in [0.25, 0.3) is 5.91 Å². The Bertz CT molecular complexity index is 907. The van der Waals surface area contributed by atoms with Gasteiger partial charge >= 0.3 is 0 Å². The quantitative estimate of drug-likeness (QED) is 0.711. The SMILES string of the molecule is CCOc1ccc(C2(CNC(=O)c3cc(F)ccc3N3CCOCC3)CCOCC2)cc1. The summed E-state index contributed by atoms with van der Waals surface area (Å²) in [7, 11) is 0. The predicted molar refractivity (Wildman–Crippen MR) is 121 cm³/mol. The number of hydrogen-bond donors (Lipinski definition) is 1. The number of carbonyl (C=O) groups is 1. The van der Waals surface area contributed by atoms with Crippen LogP contribution in [-0.4, -0.2) is 58.6 Å². The van der Waals surface area contributed by atoms with E-state index in [1.165, 1.54) is 12.1 Å². The second-order valence-corrected chi connectivity index (χ2v) is 8.29. The van der Waals surface area contributed by atoms with Gasteiger partial charge in [-0.2, -0.15) is 0 Å². The molecule has 0 bridgehead atoms. The first-order chi connectivity index (χ1) is 15.6. The molecule has 1 N–H and O–H groups in total. The Hall–Kier alpha value is -2.64. The van der Waals surface area contributed by atoms with Crippen LogP contribution in [0.15, 0.2) is 42.5 Å². The highest BCUT2D eigenvalue weighted by molar-refractivity contribution is 6.00. The molecule has 2 heterocycles. The third-order valence-electron chi connectivity index (χ3n) is 6.37. The van der Waals surface area contributed by atoms with E-state index in [1.54, 1.807) is 6.07 Å². The van der Waals surface area contributed by atoms with Crippen molar-refractivity contribution in [2.24, 2.45) is 0 Å². The van der Waals surface area contributed by atoms with E-state index in [0.717, 1.165) is 29.8 Å². The van der Waals surface area contributed by atoms with E-state index in [2.05, 4.69) is 22.3 Å². The lowest BCUT2D eigenvalue weighted by molar-refractivity contribution is 0.0487. The lowest BCUT2D eigenvalue weighted by atomic mass is 9.74. The summed E-state index contributed by atoms with van der Waals surface area (Å²) in [5, 5.41) is 3.10. The Morgan fingerprint density at radius 2 is 1.75 bits per heavy atom. The van der Waals surface area contributed by atoms with Crippen LogP contribution in [-0.2, 0) is 14.9 Å². The smallest absolute Gasteiger partial charge is 0.253 e. The van der Waals surface area contributed by atoms with Gasteiger partial charge in [0, 0.05) is 44.0 Å². The van der Waals surface area contributed by atoms with Gasteiger partial charge < -0.3 is 24.4 Å². The fraction of sp³-hybridized carbons (Fsp3) is 0.480. The number of halogens is 1. The summed E-state index contributed by atoms with van der Waals surface area (Å²) in [6, 6.07) is 12.5. The molecule has 0 aliphatic carbocycles. The molecule has 2 aromatic rings. The van der Waals surface area contributed by atoms with E-state index in [-0.39, 0.29) is 11.3 Å². The number of amides is 1. The van der Waals surface area contributed by atoms with E-state index < -0.39 is 5.82 Å². The van der Waals surface area contributed by atoms with Crippen molar-refractivity contribution >= 4 is 11.6 Å². The van der Waals surface area contributed by atoms with E-state index >= 15 is 0 Å². The maximum atomic E-state index is 14.1. The predicted octanol–water partition coefficient (Wildman–Crippen LogP) is 3.54. The number of rotatable bonds is 7. The molecule has 4 rings (SSSR count). The van der Waals surface area contributed by atoms with E-state index in [0.29, 0.717) is 58.2 Å². The van der Waals surface area contributed by atoms with Gasteiger partial charge in [0.1, 0.15) is 11.6 Å². The second-order valence-electron chi connectivity index (χ2n) is 8.29. The molecule has 0 unspecified atom stereocenters. The summed E-state index contributed by atoms with van der Waals surface area (Å²) in [6.45, 7) is 6.87. The number of nitrogens with one attached hydrogen (secondary N) is 1. The van der Waals surface area contributed by atoms with Crippen LogP contribution < -0.4 is 15.0 Å². The van der Waals surface area contributed by atoms with Gasteiger partial charge in [0.05, 0.1) is 25.4 Å². The normalized spacial score (nSPS) is 18.2. The van der Waals surface area contributed by atoms with Crippen molar-refractivity contribution in [3.05, 3.63) is 59.4 Å². The molecule has 0 atom stereocenters.